The first-order valence-electron chi connectivity index (χ1n) is 2.92. The van der Waals surface area contributed by atoms with Crippen molar-refractivity contribution in [3.63, 3.8) is 0 Å². The minimum atomic E-state index is 0.425. The Bertz CT molecular complexity index is 216. The van der Waals surface area contributed by atoms with Crippen LogP contribution in [0, 0.1) is 5.21 Å². The Morgan fingerprint density at radius 2 is 2.56 bits per heavy atom. The Balaban J connectivity index is 2.35. The molecule has 1 fully saturated rings. The van der Waals surface area contributed by atoms with Crippen LogP contribution in [0.1, 0.15) is 24.5 Å². The molecule has 0 radical (unpaired) electrons. The van der Waals surface area contributed by atoms with Gasteiger partial charge in [-0.25, -0.2) is 0 Å². The molecule has 2 rings (SSSR count). The molecule has 1 aromatic rings. The van der Waals surface area contributed by atoms with Gasteiger partial charge in [0, 0.05) is 11.1 Å². The Labute approximate surface area is 51.6 Å². The molecule has 48 valence electrons. The Hall–Kier alpha value is -1.06. The summed E-state index contributed by atoms with van der Waals surface area (Å²) >= 11 is 0. The van der Waals surface area contributed by atoms with Gasteiger partial charge in [0.1, 0.15) is 0 Å². The van der Waals surface area contributed by atoms with Crippen molar-refractivity contribution in [1.82, 2.24) is 5.16 Å². The lowest BCUT2D eigenvalue weighted by Crippen LogP contribution is -2.27. The average Bonchev–Trinajstić information content (AvgIpc) is 2.58. The van der Waals surface area contributed by atoms with Crippen LogP contribution < -0.4 is 4.90 Å². The van der Waals surface area contributed by atoms with E-state index in [1.165, 1.54) is 6.20 Å². The van der Waals surface area contributed by atoms with E-state index < -0.39 is 0 Å². The smallest absolute Gasteiger partial charge is 0.209 e. The normalized spacial score (nSPS) is 18.2. The average molecular weight is 126 g/mol. The summed E-state index contributed by atoms with van der Waals surface area (Å²) in [4.78, 5) is 0.484. The molecule has 0 saturated heterocycles. The van der Waals surface area contributed by atoms with Gasteiger partial charge in [-0.05, 0) is 17.7 Å². The molecule has 0 atom stereocenters. The standard InChI is InChI=1S/C5H6N2O2/c8-7-5(3-6-9-7)4-1-2-4/h3-4H,1-2H2. The van der Waals surface area contributed by atoms with E-state index in [1.807, 2.05) is 0 Å². The number of aromatic nitrogens is 2. The van der Waals surface area contributed by atoms with Crippen LogP contribution in [0.5, 0.6) is 0 Å². The monoisotopic (exact) mass is 126 g/mol. The third kappa shape index (κ3) is 0.667. The van der Waals surface area contributed by atoms with Crippen LogP contribution >= 0.6 is 0 Å². The van der Waals surface area contributed by atoms with E-state index in [9.17, 15) is 5.21 Å². The van der Waals surface area contributed by atoms with Crippen LogP contribution in [-0.4, -0.2) is 5.16 Å². The molecule has 4 heteroatoms. The van der Waals surface area contributed by atoms with Crippen LogP contribution in [0.4, 0.5) is 0 Å². The van der Waals surface area contributed by atoms with Crippen molar-refractivity contribution >= 4 is 0 Å². The second kappa shape index (κ2) is 1.46. The van der Waals surface area contributed by atoms with E-state index in [0.717, 1.165) is 12.8 Å². The van der Waals surface area contributed by atoms with E-state index in [0.29, 0.717) is 16.5 Å². The summed E-state index contributed by atoms with van der Waals surface area (Å²) in [7, 11) is 0. The molecule has 0 spiro atoms. The number of hydrogen-bond acceptors (Lipinski definition) is 3. The lowest BCUT2D eigenvalue weighted by molar-refractivity contribution is -0.808. The van der Waals surface area contributed by atoms with Gasteiger partial charge in [-0.3, -0.25) is 4.63 Å². The number of hydrogen-bond donors (Lipinski definition) is 0. The molecule has 1 heterocycles. The summed E-state index contributed by atoms with van der Waals surface area (Å²) in [6.07, 6.45) is 3.69. The third-order valence-corrected chi connectivity index (χ3v) is 1.51. The van der Waals surface area contributed by atoms with Gasteiger partial charge < -0.3 is 5.21 Å². The van der Waals surface area contributed by atoms with Crippen LogP contribution in [0.25, 0.3) is 0 Å². The maximum absolute atomic E-state index is 10.6. The van der Waals surface area contributed by atoms with Crippen LogP contribution in [0.3, 0.4) is 0 Å². The van der Waals surface area contributed by atoms with Crippen molar-refractivity contribution in [2.75, 3.05) is 0 Å². The maximum atomic E-state index is 10.6. The second-order valence-corrected chi connectivity index (χ2v) is 2.27. The molecular formula is C5H6N2O2. The predicted molar refractivity (Wildman–Crippen MR) is 27.4 cm³/mol. The van der Waals surface area contributed by atoms with Gasteiger partial charge in [0.05, 0.1) is 0 Å². The number of nitrogens with zero attached hydrogens (tertiary/aromatic N) is 2. The zero-order valence-electron chi connectivity index (χ0n) is 4.78. The second-order valence-electron chi connectivity index (χ2n) is 2.27. The van der Waals surface area contributed by atoms with Crippen molar-refractivity contribution in [1.29, 1.82) is 0 Å². The highest BCUT2D eigenvalue weighted by atomic mass is 16.8. The fourth-order valence-electron chi connectivity index (χ4n) is 0.848. The maximum Gasteiger partial charge on any atom is 0.209 e. The molecule has 1 aliphatic carbocycles. The highest BCUT2D eigenvalue weighted by Gasteiger charge is 2.31. The first-order chi connectivity index (χ1) is 4.38. The molecule has 1 aromatic heterocycles. The summed E-state index contributed by atoms with van der Waals surface area (Å²) in [6, 6.07) is 0. The lowest BCUT2D eigenvalue weighted by Gasteiger charge is -1.87. The van der Waals surface area contributed by atoms with E-state index in [1.54, 1.807) is 0 Å². The van der Waals surface area contributed by atoms with E-state index in [2.05, 4.69) is 9.79 Å². The largest absolute Gasteiger partial charge is 0.359 e. The molecule has 1 aliphatic rings. The zero-order valence-corrected chi connectivity index (χ0v) is 4.78. The first kappa shape index (κ1) is 4.78. The molecule has 1 saturated carbocycles. The molecule has 0 bridgehead atoms. The first-order valence-corrected chi connectivity index (χ1v) is 2.92. The van der Waals surface area contributed by atoms with Gasteiger partial charge in [0.15, 0.2) is 5.69 Å². The van der Waals surface area contributed by atoms with Crippen LogP contribution in [0.15, 0.2) is 10.8 Å². The minimum Gasteiger partial charge on any atom is -0.359 e. The summed E-state index contributed by atoms with van der Waals surface area (Å²) < 4.78 is 4.28. The van der Waals surface area contributed by atoms with E-state index >= 15 is 0 Å². The fraction of sp³-hybridized carbons (Fsp3) is 0.600. The summed E-state index contributed by atoms with van der Waals surface area (Å²) in [5.74, 6) is 0.425. The molecule has 0 aromatic carbocycles. The third-order valence-electron chi connectivity index (χ3n) is 1.51. The highest BCUT2D eigenvalue weighted by molar-refractivity contribution is 5.03. The molecule has 0 amide bonds. The van der Waals surface area contributed by atoms with Gasteiger partial charge in [-0.1, -0.05) is 0 Å². The summed E-state index contributed by atoms with van der Waals surface area (Å²) in [5.41, 5.74) is 0.676. The van der Waals surface area contributed by atoms with Crippen LogP contribution in [0.2, 0.25) is 0 Å². The van der Waals surface area contributed by atoms with Gasteiger partial charge in [0.2, 0.25) is 6.20 Å². The molecule has 0 N–H and O–H groups in total. The molecular weight excluding hydrogens is 120 g/mol. The van der Waals surface area contributed by atoms with Crippen molar-refractivity contribution < 1.29 is 9.53 Å². The Kier molecular flexibility index (Phi) is 0.777. The highest BCUT2D eigenvalue weighted by Crippen LogP contribution is 2.37. The lowest BCUT2D eigenvalue weighted by atomic mass is 10.3. The molecule has 4 nitrogen and oxygen atoms in total. The topological polar surface area (TPSA) is 53.0 Å². The van der Waals surface area contributed by atoms with E-state index in [-0.39, 0.29) is 0 Å². The van der Waals surface area contributed by atoms with E-state index in [4.69, 9.17) is 0 Å². The Morgan fingerprint density at radius 1 is 1.78 bits per heavy atom. The number of rotatable bonds is 1. The Morgan fingerprint density at radius 3 is 3.00 bits per heavy atom. The van der Waals surface area contributed by atoms with Crippen molar-refractivity contribution in [3.05, 3.63) is 17.1 Å². The SMILES string of the molecule is [O-][n+]1oncc1C1CC1. The van der Waals surface area contributed by atoms with Crippen LogP contribution in [-0.2, 0) is 0 Å². The van der Waals surface area contributed by atoms with Gasteiger partial charge in [-0.2, -0.15) is 0 Å². The predicted octanol–water partition coefficient (Wildman–Crippen LogP) is 0.185. The van der Waals surface area contributed by atoms with Crippen molar-refractivity contribution in [3.8, 4) is 0 Å². The van der Waals surface area contributed by atoms with Gasteiger partial charge in [0.25, 0.3) is 0 Å². The van der Waals surface area contributed by atoms with Gasteiger partial charge >= 0.3 is 0 Å². The summed E-state index contributed by atoms with van der Waals surface area (Å²) in [5, 5.41) is 13.9. The van der Waals surface area contributed by atoms with Gasteiger partial charge in [-0.15, -0.1) is 0 Å². The molecule has 0 aliphatic heterocycles. The minimum absolute atomic E-state index is 0.425. The molecule has 9 heavy (non-hydrogen) atoms. The fourth-order valence-corrected chi connectivity index (χ4v) is 0.848. The zero-order chi connectivity index (χ0) is 6.27. The van der Waals surface area contributed by atoms with Crippen molar-refractivity contribution in [2.24, 2.45) is 0 Å². The van der Waals surface area contributed by atoms with Crippen molar-refractivity contribution in [2.45, 2.75) is 18.8 Å². The quantitative estimate of drug-likeness (QED) is 0.504. The summed E-state index contributed by atoms with van der Waals surface area (Å²) in [6.45, 7) is 0. The molecule has 0 unspecified atom stereocenters.